The maximum absolute atomic E-state index is 11.3. The number of urea groups is 1. The summed E-state index contributed by atoms with van der Waals surface area (Å²) >= 11 is 1.56. The first kappa shape index (κ1) is 13.6. The van der Waals surface area contributed by atoms with E-state index in [9.17, 15) is 4.79 Å². The Morgan fingerprint density at radius 2 is 2.29 bits per heavy atom. The van der Waals surface area contributed by atoms with E-state index in [2.05, 4.69) is 22.5 Å². The Morgan fingerprint density at radius 3 is 2.94 bits per heavy atom. The third-order valence-corrected chi connectivity index (χ3v) is 2.82. The highest BCUT2D eigenvalue weighted by Gasteiger charge is 2.03. The van der Waals surface area contributed by atoms with Crippen molar-refractivity contribution in [3.05, 3.63) is 21.9 Å². The molecule has 1 aromatic rings. The molecule has 0 aromatic carbocycles. The summed E-state index contributed by atoms with van der Waals surface area (Å²) in [6.45, 7) is 4.73. The van der Waals surface area contributed by atoms with Crippen molar-refractivity contribution in [3.8, 4) is 11.8 Å². The van der Waals surface area contributed by atoms with Gasteiger partial charge >= 0.3 is 6.03 Å². The second-order valence-electron chi connectivity index (χ2n) is 3.75. The highest BCUT2D eigenvalue weighted by Crippen LogP contribution is 2.14. The SMILES string of the molecule is CC(C)NC(=O)NCc1ccc(C#CCN)s1. The number of hydrogen-bond acceptors (Lipinski definition) is 3. The molecule has 0 bridgehead atoms. The van der Waals surface area contributed by atoms with Crippen LogP contribution in [-0.2, 0) is 6.54 Å². The lowest BCUT2D eigenvalue weighted by molar-refractivity contribution is 0.238. The van der Waals surface area contributed by atoms with Crippen molar-refractivity contribution in [2.24, 2.45) is 5.73 Å². The summed E-state index contributed by atoms with van der Waals surface area (Å²) in [6.07, 6.45) is 0. The van der Waals surface area contributed by atoms with Crippen molar-refractivity contribution in [2.45, 2.75) is 26.4 Å². The van der Waals surface area contributed by atoms with Crippen LogP contribution in [0.4, 0.5) is 4.79 Å². The Kier molecular flexibility index (Phi) is 5.53. The first-order valence-corrected chi connectivity index (χ1v) is 6.25. The molecule has 2 amide bonds. The maximum atomic E-state index is 11.3. The van der Waals surface area contributed by atoms with Crippen LogP contribution in [0.1, 0.15) is 23.6 Å². The molecule has 0 fully saturated rings. The van der Waals surface area contributed by atoms with Crippen LogP contribution < -0.4 is 16.4 Å². The van der Waals surface area contributed by atoms with Gasteiger partial charge in [-0.25, -0.2) is 4.79 Å². The molecule has 0 unspecified atom stereocenters. The molecule has 4 nitrogen and oxygen atoms in total. The fourth-order valence-electron chi connectivity index (χ4n) is 1.16. The number of amides is 2. The van der Waals surface area contributed by atoms with Gasteiger partial charge in [-0.15, -0.1) is 11.3 Å². The summed E-state index contributed by atoms with van der Waals surface area (Å²) < 4.78 is 0. The van der Waals surface area contributed by atoms with Crippen LogP contribution in [0, 0.1) is 11.8 Å². The molecule has 0 saturated carbocycles. The average molecular weight is 251 g/mol. The number of nitrogens with one attached hydrogen (secondary N) is 2. The molecule has 0 aliphatic carbocycles. The average Bonchev–Trinajstić information content (AvgIpc) is 2.70. The minimum Gasteiger partial charge on any atom is -0.336 e. The van der Waals surface area contributed by atoms with E-state index in [1.807, 2.05) is 26.0 Å². The Labute approximate surface area is 106 Å². The number of carbonyl (C=O) groups excluding carboxylic acids is 1. The van der Waals surface area contributed by atoms with Crippen molar-refractivity contribution in [2.75, 3.05) is 6.54 Å². The van der Waals surface area contributed by atoms with E-state index in [1.54, 1.807) is 11.3 Å². The monoisotopic (exact) mass is 251 g/mol. The molecule has 92 valence electrons. The first-order valence-electron chi connectivity index (χ1n) is 5.44. The van der Waals surface area contributed by atoms with Gasteiger partial charge < -0.3 is 16.4 Å². The third-order valence-electron chi connectivity index (χ3n) is 1.82. The maximum Gasteiger partial charge on any atom is 0.315 e. The lowest BCUT2D eigenvalue weighted by atomic mass is 10.4. The summed E-state index contributed by atoms with van der Waals surface area (Å²) in [4.78, 5) is 13.4. The molecule has 17 heavy (non-hydrogen) atoms. The minimum absolute atomic E-state index is 0.143. The van der Waals surface area contributed by atoms with Crippen molar-refractivity contribution < 1.29 is 4.79 Å². The Morgan fingerprint density at radius 1 is 1.53 bits per heavy atom. The lowest BCUT2D eigenvalue weighted by Gasteiger charge is -2.08. The molecule has 0 aliphatic rings. The zero-order valence-electron chi connectivity index (χ0n) is 10.0. The van der Waals surface area contributed by atoms with Crippen LogP contribution in [0.5, 0.6) is 0 Å². The predicted molar refractivity (Wildman–Crippen MR) is 70.8 cm³/mol. The molecular weight excluding hydrogens is 234 g/mol. The minimum atomic E-state index is -0.150. The van der Waals surface area contributed by atoms with Gasteiger partial charge in [-0.1, -0.05) is 11.8 Å². The molecule has 0 aliphatic heterocycles. The highest BCUT2D eigenvalue weighted by atomic mass is 32.1. The molecule has 0 radical (unpaired) electrons. The zero-order valence-corrected chi connectivity index (χ0v) is 10.9. The molecular formula is C12H17N3OS. The predicted octanol–water partition coefficient (Wildman–Crippen LogP) is 1.27. The van der Waals surface area contributed by atoms with Gasteiger partial charge in [0.15, 0.2) is 0 Å². The van der Waals surface area contributed by atoms with Gasteiger partial charge in [0.2, 0.25) is 0 Å². The van der Waals surface area contributed by atoms with Gasteiger partial charge in [-0.05, 0) is 26.0 Å². The van der Waals surface area contributed by atoms with Crippen molar-refractivity contribution in [1.82, 2.24) is 10.6 Å². The summed E-state index contributed by atoms with van der Waals surface area (Å²) in [6, 6.07) is 3.89. The van der Waals surface area contributed by atoms with Crippen LogP contribution in [0.15, 0.2) is 12.1 Å². The van der Waals surface area contributed by atoms with E-state index in [0.717, 1.165) is 9.75 Å². The number of hydrogen-bond donors (Lipinski definition) is 3. The summed E-state index contributed by atoms with van der Waals surface area (Å²) in [7, 11) is 0. The van der Waals surface area contributed by atoms with Gasteiger partial charge in [0.05, 0.1) is 18.0 Å². The van der Waals surface area contributed by atoms with E-state index in [-0.39, 0.29) is 12.1 Å². The van der Waals surface area contributed by atoms with E-state index in [0.29, 0.717) is 13.1 Å². The molecule has 0 atom stereocenters. The van der Waals surface area contributed by atoms with Crippen molar-refractivity contribution in [1.29, 1.82) is 0 Å². The molecule has 1 rings (SSSR count). The van der Waals surface area contributed by atoms with Gasteiger partial charge in [0.25, 0.3) is 0 Å². The van der Waals surface area contributed by atoms with Gasteiger partial charge in [0.1, 0.15) is 0 Å². The lowest BCUT2D eigenvalue weighted by Crippen LogP contribution is -2.38. The number of carbonyl (C=O) groups is 1. The topological polar surface area (TPSA) is 67.2 Å². The molecule has 5 heteroatoms. The highest BCUT2D eigenvalue weighted by molar-refractivity contribution is 7.12. The number of thiophene rings is 1. The molecule has 1 aromatic heterocycles. The van der Waals surface area contributed by atoms with Crippen LogP contribution >= 0.6 is 11.3 Å². The number of rotatable bonds is 3. The fraction of sp³-hybridized carbons (Fsp3) is 0.417. The zero-order chi connectivity index (χ0) is 12.7. The van der Waals surface area contributed by atoms with Crippen LogP contribution in [0.25, 0.3) is 0 Å². The van der Waals surface area contributed by atoms with Gasteiger partial charge in [0, 0.05) is 10.9 Å². The Bertz CT molecular complexity index is 428. The Hall–Kier alpha value is -1.51. The second-order valence-corrected chi connectivity index (χ2v) is 4.92. The smallest absolute Gasteiger partial charge is 0.315 e. The second kappa shape index (κ2) is 6.94. The first-order chi connectivity index (χ1) is 8.11. The summed E-state index contributed by atoms with van der Waals surface area (Å²) in [5.41, 5.74) is 5.29. The summed E-state index contributed by atoms with van der Waals surface area (Å²) in [5, 5.41) is 5.55. The third kappa shape index (κ3) is 5.38. The van der Waals surface area contributed by atoms with Crippen LogP contribution in [0.2, 0.25) is 0 Å². The largest absolute Gasteiger partial charge is 0.336 e. The molecule has 0 spiro atoms. The van der Waals surface area contributed by atoms with Crippen LogP contribution in [-0.4, -0.2) is 18.6 Å². The van der Waals surface area contributed by atoms with Gasteiger partial charge in [-0.3, -0.25) is 0 Å². The van der Waals surface area contributed by atoms with E-state index in [4.69, 9.17) is 5.73 Å². The Balaban J connectivity index is 2.42. The normalized spacial score (nSPS) is 9.65. The van der Waals surface area contributed by atoms with E-state index >= 15 is 0 Å². The van der Waals surface area contributed by atoms with Crippen molar-refractivity contribution >= 4 is 17.4 Å². The van der Waals surface area contributed by atoms with Crippen molar-refractivity contribution in [3.63, 3.8) is 0 Å². The number of nitrogens with two attached hydrogens (primary N) is 1. The molecule has 4 N–H and O–H groups in total. The quantitative estimate of drug-likeness (QED) is 0.708. The van der Waals surface area contributed by atoms with Gasteiger partial charge in [-0.2, -0.15) is 0 Å². The van der Waals surface area contributed by atoms with E-state index in [1.165, 1.54) is 0 Å². The standard InChI is InChI=1S/C12H17N3OS/c1-9(2)15-12(16)14-8-11-6-5-10(17-11)4-3-7-13/h5-6,9H,7-8,13H2,1-2H3,(H2,14,15,16). The fourth-order valence-corrected chi connectivity index (χ4v) is 1.98. The summed E-state index contributed by atoms with van der Waals surface area (Å²) in [5.74, 6) is 5.76. The van der Waals surface area contributed by atoms with E-state index < -0.39 is 0 Å². The molecule has 1 heterocycles. The molecule has 0 saturated heterocycles. The van der Waals surface area contributed by atoms with Crippen LogP contribution in [0.3, 0.4) is 0 Å².